The van der Waals surface area contributed by atoms with Crippen molar-refractivity contribution in [3.8, 4) is 11.5 Å². The van der Waals surface area contributed by atoms with Crippen molar-refractivity contribution in [1.82, 2.24) is 15.1 Å². The normalized spacial score (nSPS) is 18.5. The van der Waals surface area contributed by atoms with Crippen LogP contribution >= 0.6 is 0 Å². The van der Waals surface area contributed by atoms with E-state index in [1.54, 1.807) is 25.2 Å². The predicted octanol–water partition coefficient (Wildman–Crippen LogP) is 2.08. The molecule has 0 aliphatic carbocycles. The van der Waals surface area contributed by atoms with Crippen molar-refractivity contribution in [2.45, 2.75) is 39.0 Å². The maximum atomic E-state index is 13.2. The van der Waals surface area contributed by atoms with E-state index in [0.29, 0.717) is 23.6 Å². The largest absolute Gasteiger partial charge is 0.497 e. The van der Waals surface area contributed by atoms with Gasteiger partial charge in [0, 0.05) is 36.7 Å². The Labute approximate surface area is 164 Å². The van der Waals surface area contributed by atoms with E-state index in [2.05, 4.69) is 10.2 Å². The Balaban J connectivity index is 1.88. The summed E-state index contributed by atoms with van der Waals surface area (Å²) in [4.78, 5) is 14.8. The third-order valence-corrected chi connectivity index (χ3v) is 4.95. The number of amides is 1. The van der Waals surface area contributed by atoms with Gasteiger partial charge < -0.3 is 24.2 Å². The molecule has 1 aliphatic heterocycles. The number of H-pyrrole nitrogens is 1. The van der Waals surface area contributed by atoms with E-state index in [-0.39, 0.29) is 37.8 Å². The molecule has 0 saturated heterocycles. The summed E-state index contributed by atoms with van der Waals surface area (Å²) in [5.41, 5.74) is 2.94. The van der Waals surface area contributed by atoms with Crippen LogP contribution in [0.4, 0.5) is 0 Å². The summed E-state index contributed by atoms with van der Waals surface area (Å²) >= 11 is 0. The van der Waals surface area contributed by atoms with Crippen molar-refractivity contribution in [2.75, 3.05) is 27.4 Å². The molecule has 1 aromatic carbocycles. The lowest BCUT2D eigenvalue weighted by Crippen LogP contribution is -2.34. The minimum atomic E-state index is -0.231. The van der Waals surface area contributed by atoms with Crippen molar-refractivity contribution in [2.24, 2.45) is 0 Å². The third kappa shape index (κ3) is 3.98. The molecule has 8 nitrogen and oxygen atoms in total. The number of aliphatic hydroxyl groups excluding tert-OH is 1. The predicted molar refractivity (Wildman–Crippen MR) is 103 cm³/mol. The van der Waals surface area contributed by atoms with Gasteiger partial charge >= 0.3 is 0 Å². The van der Waals surface area contributed by atoms with Gasteiger partial charge in [0.05, 0.1) is 38.7 Å². The third-order valence-electron chi connectivity index (χ3n) is 4.95. The lowest BCUT2D eigenvalue weighted by Gasteiger charge is -2.26. The second-order valence-electron chi connectivity index (χ2n) is 6.89. The highest BCUT2D eigenvalue weighted by Gasteiger charge is 2.31. The van der Waals surface area contributed by atoms with Crippen LogP contribution < -0.4 is 9.47 Å². The van der Waals surface area contributed by atoms with Gasteiger partial charge in [0.15, 0.2) is 5.69 Å². The zero-order valence-electron chi connectivity index (χ0n) is 16.7. The topological polar surface area (TPSA) is 96.9 Å². The van der Waals surface area contributed by atoms with Crippen LogP contribution in [0.5, 0.6) is 11.5 Å². The fourth-order valence-electron chi connectivity index (χ4n) is 3.56. The molecular formula is C20H27N3O5. The Morgan fingerprint density at radius 2 is 2.14 bits per heavy atom. The highest BCUT2D eigenvalue weighted by atomic mass is 16.5. The Morgan fingerprint density at radius 1 is 1.36 bits per heavy atom. The number of nitrogens with zero attached hydrogens (tertiary/aromatic N) is 2. The first-order valence-corrected chi connectivity index (χ1v) is 9.32. The molecule has 2 atom stereocenters. The summed E-state index contributed by atoms with van der Waals surface area (Å²) in [5.74, 6) is 1.06. The van der Waals surface area contributed by atoms with Crippen LogP contribution in [-0.2, 0) is 17.7 Å². The van der Waals surface area contributed by atoms with E-state index in [9.17, 15) is 9.90 Å². The van der Waals surface area contributed by atoms with Gasteiger partial charge in [0.2, 0.25) is 0 Å². The van der Waals surface area contributed by atoms with Gasteiger partial charge in [-0.25, -0.2) is 0 Å². The maximum absolute atomic E-state index is 13.2. The average Bonchev–Trinajstić information content (AvgIpc) is 3.11. The Hall–Kier alpha value is -2.58. The molecule has 0 bridgehead atoms. The highest BCUT2D eigenvalue weighted by molar-refractivity contribution is 5.94. The van der Waals surface area contributed by atoms with Crippen molar-refractivity contribution < 1.29 is 24.1 Å². The Kier molecular flexibility index (Phi) is 6.21. The number of aromatic nitrogens is 2. The molecule has 152 valence electrons. The minimum absolute atomic E-state index is 0.0135. The highest BCUT2D eigenvalue weighted by Crippen LogP contribution is 2.31. The van der Waals surface area contributed by atoms with Gasteiger partial charge in [0.1, 0.15) is 11.5 Å². The van der Waals surface area contributed by atoms with Crippen LogP contribution in [0, 0.1) is 0 Å². The first kappa shape index (κ1) is 20.2. The summed E-state index contributed by atoms with van der Waals surface area (Å²) in [7, 11) is 3.16. The molecule has 1 aromatic heterocycles. The molecule has 28 heavy (non-hydrogen) atoms. The second-order valence-corrected chi connectivity index (χ2v) is 6.89. The summed E-state index contributed by atoms with van der Waals surface area (Å²) in [6.07, 6.45) is 0.496. The number of hydrogen-bond acceptors (Lipinski definition) is 6. The number of aromatic amines is 1. The smallest absolute Gasteiger partial charge is 0.275 e. The molecule has 8 heteroatoms. The molecule has 2 aromatic rings. The van der Waals surface area contributed by atoms with Crippen LogP contribution in [0.2, 0.25) is 0 Å². The van der Waals surface area contributed by atoms with Crippen LogP contribution in [0.1, 0.15) is 47.3 Å². The standard InChI is InChI=1S/C20H27N3O5/c1-12-9-16-18(13(2)28-12)21-22-19(16)20(25)23(7-8-24)11-14-5-6-15(26-3)10-17(14)27-4/h5-6,10,12-13,24H,7-9,11H2,1-4H3,(H,21,22)/t12-,13+/m0/s1. The molecule has 1 amide bonds. The summed E-state index contributed by atoms with van der Waals surface area (Å²) in [6.45, 7) is 4.25. The average molecular weight is 389 g/mol. The molecule has 0 unspecified atom stereocenters. The molecule has 2 heterocycles. The van der Waals surface area contributed by atoms with E-state index in [1.807, 2.05) is 26.0 Å². The first-order valence-electron chi connectivity index (χ1n) is 9.32. The van der Waals surface area contributed by atoms with E-state index < -0.39 is 0 Å². The van der Waals surface area contributed by atoms with Crippen molar-refractivity contribution in [3.63, 3.8) is 0 Å². The fourth-order valence-corrected chi connectivity index (χ4v) is 3.56. The molecular weight excluding hydrogens is 362 g/mol. The Bertz CT molecular complexity index is 835. The Morgan fingerprint density at radius 3 is 2.82 bits per heavy atom. The van der Waals surface area contributed by atoms with Gasteiger partial charge in [-0.2, -0.15) is 5.10 Å². The van der Waals surface area contributed by atoms with Crippen molar-refractivity contribution >= 4 is 5.91 Å². The number of rotatable bonds is 7. The fraction of sp³-hybridized carbons (Fsp3) is 0.500. The van der Waals surface area contributed by atoms with Crippen molar-refractivity contribution in [1.29, 1.82) is 0 Å². The summed E-state index contributed by atoms with van der Waals surface area (Å²) in [5, 5.41) is 16.7. The minimum Gasteiger partial charge on any atom is -0.497 e. The maximum Gasteiger partial charge on any atom is 0.275 e. The number of fused-ring (bicyclic) bond motifs is 1. The molecule has 0 radical (unpaired) electrons. The van der Waals surface area contributed by atoms with Gasteiger partial charge in [0.25, 0.3) is 5.91 Å². The molecule has 1 aliphatic rings. The van der Waals surface area contributed by atoms with Crippen molar-refractivity contribution in [3.05, 3.63) is 40.7 Å². The van der Waals surface area contributed by atoms with E-state index in [4.69, 9.17) is 14.2 Å². The number of nitrogens with one attached hydrogen (secondary N) is 1. The van der Waals surface area contributed by atoms with Crippen LogP contribution in [0.15, 0.2) is 18.2 Å². The van der Waals surface area contributed by atoms with E-state index in [1.165, 1.54) is 0 Å². The summed E-state index contributed by atoms with van der Waals surface area (Å²) < 4.78 is 16.5. The lowest BCUT2D eigenvalue weighted by atomic mass is 9.99. The number of carbonyl (C=O) groups is 1. The zero-order valence-corrected chi connectivity index (χ0v) is 16.7. The van der Waals surface area contributed by atoms with Gasteiger partial charge in [-0.15, -0.1) is 0 Å². The zero-order chi connectivity index (χ0) is 20.3. The summed E-state index contributed by atoms with van der Waals surface area (Å²) in [6, 6.07) is 5.44. The van der Waals surface area contributed by atoms with Gasteiger partial charge in [-0.3, -0.25) is 9.89 Å². The van der Waals surface area contributed by atoms with Gasteiger partial charge in [-0.05, 0) is 26.0 Å². The number of carbonyl (C=O) groups excluding carboxylic acids is 1. The monoisotopic (exact) mass is 389 g/mol. The number of methoxy groups -OCH3 is 2. The number of hydrogen-bond donors (Lipinski definition) is 2. The van der Waals surface area contributed by atoms with Crippen LogP contribution in [-0.4, -0.2) is 59.6 Å². The van der Waals surface area contributed by atoms with E-state index >= 15 is 0 Å². The molecule has 2 N–H and O–H groups in total. The molecule has 0 spiro atoms. The quantitative estimate of drug-likeness (QED) is 0.753. The van der Waals surface area contributed by atoms with Crippen LogP contribution in [0.3, 0.4) is 0 Å². The number of benzene rings is 1. The SMILES string of the molecule is COc1ccc(CN(CCO)C(=O)c2n[nH]c3c2C[C@H](C)O[C@@H]3C)c(OC)c1. The van der Waals surface area contributed by atoms with E-state index in [0.717, 1.165) is 16.8 Å². The number of ether oxygens (including phenoxy) is 3. The number of aliphatic hydroxyl groups is 1. The van der Waals surface area contributed by atoms with Crippen LogP contribution in [0.25, 0.3) is 0 Å². The lowest BCUT2D eigenvalue weighted by molar-refractivity contribution is -0.00703. The second kappa shape index (κ2) is 8.62. The molecule has 0 saturated carbocycles. The first-order chi connectivity index (χ1) is 13.5. The molecule has 0 fully saturated rings. The molecule has 3 rings (SSSR count). The van der Waals surface area contributed by atoms with Gasteiger partial charge in [-0.1, -0.05) is 0 Å².